The molecule has 156 valence electrons. The smallest absolute Gasteiger partial charge is 0.292 e. The summed E-state index contributed by atoms with van der Waals surface area (Å²) in [5, 5.41) is 3.66. The summed E-state index contributed by atoms with van der Waals surface area (Å²) < 4.78 is 5.55. The van der Waals surface area contributed by atoms with Crippen molar-refractivity contribution in [3.63, 3.8) is 0 Å². The fraction of sp³-hybridized carbons (Fsp3) is 0.333. The van der Waals surface area contributed by atoms with E-state index in [2.05, 4.69) is 15.2 Å². The fourth-order valence-electron chi connectivity index (χ4n) is 4.38. The number of Topliss-reactive ketones (excluding diaryl/α,β-unsaturated/α-hetero) is 1. The van der Waals surface area contributed by atoms with Gasteiger partial charge in [0, 0.05) is 28.7 Å². The van der Waals surface area contributed by atoms with Crippen molar-refractivity contribution in [1.82, 2.24) is 15.2 Å². The third kappa shape index (κ3) is 3.83. The summed E-state index contributed by atoms with van der Waals surface area (Å²) in [6, 6.07) is 15.4. The van der Waals surface area contributed by atoms with Gasteiger partial charge in [-0.05, 0) is 45.0 Å². The van der Waals surface area contributed by atoms with Gasteiger partial charge in [0.15, 0.2) is 0 Å². The van der Waals surface area contributed by atoms with Gasteiger partial charge in [-0.3, -0.25) is 14.5 Å². The van der Waals surface area contributed by atoms with Gasteiger partial charge in [0.25, 0.3) is 11.7 Å². The highest BCUT2D eigenvalue weighted by molar-refractivity contribution is 6.45. The lowest BCUT2D eigenvalue weighted by atomic mass is 10.0. The molecular formula is C24H27N3O3. The molecule has 1 fully saturated rings. The van der Waals surface area contributed by atoms with Crippen molar-refractivity contribution in [2.24, 2.45) is 0 Å². The van der Waals surface area contributed by atoms with Crippen molar-refractivity contribution in [3.8, 4) is 5.75 Å². The van der Waals surface area contributed by atoms with Gasteiger partial charge >= 0.3 is 0 Å². The maximum absolute atomic E-state index is 13.0. The van der Waals surface area contributed by atoms with E-state index in [1.54, 1.807) is 7.11 Å². The topological polar surface area (TPSA) is 74.4 Å². The minimum absolute atomic E-state index is 0.0375. The van der Waals surface area contributed by atoms with Gasteiger partial charge in [-0.2, -0.15) is 0 Å². The number of carbonyl (C=O) groups is 2. The Hall–Kier alpha value is -3.12. The maximum Gasteiger partial charge on any atom is 0.292 e. The number of rotatable bonds is 7. The molecule has 2 aromatic carbocycles. The molecule has 4 rings (SSSR count). The van der Waals surface area contributed by atoms with Crippen LogP contribution in [0.3, 0.4) is 0 Å². The predicted molar refractivity (Wildman–Crippen MR) is 117 cm³/mol. The van der Waals surface area contributed by atoms with E-state index >= 15 is 0 Å². The lowest BCUT2D eigenvalue weighted by Crippen LogP contribution is -2.39. The highest BCUT2D eigenvalue weighted by Crippen LogP contribution is 2.31. The number of hydrogen-bond donors (Lipinski definition) is 2. The number of aromatic amines is 1. The first-order valence-electron chi connectivity index (χ1n) is 10.4. The zero-order chi connectivity index (χ0) is 21.1. The van der Waals surface area contributed by atoms with Crippen molar-refractivity contribution in [2.45, 2.75) is 25.8 Å². The molecule has 0 bridgehead atoms. The number of H-pyrrole nitrogens is 1. The van der Waals surface area contributed by atoms with Crippen molar-refractivity contribution < 1.29 is 14.3 Å². The van der Waals surface area contributed by atoms with E-state index in [-0.39, 0.29) is 6.04 Å². The number of nitrogens with zero attached hydrogens (tertiary/aromatic N) is 1. The molecule has 6 nitrogen and oxygen atoms in total. The molecule has 1 saturated heterocycles. The number of aromatic nitrogens is 1. The SMILES string of the molecule is COc1ccccc1C(CNC(=O)C(=O)c1c(C)[nH]c2ccccc12)N1CCCC1. The molecule has 1 aliphatic heterocycles. The summed E-state index contributed by atoms with van der Waals surface area (Å²) in [5.74, 6) is -0.297. The molecule has 0 radical (unpaired) electrons. The average molecular weight is 405 g/mol. The molecule has 2 heterocycles. The van der Waals surface area contributed by atoms with Crippen molar-refractivity contribution in [1.29, 1.82) is 0 Å². The Bertz CT molecular complexity index is 1070. The zero-order valence-corrected chi connectivity index (χ0v) is 17.4. The normalized spacial score (nSPS) is 15.3. The molecule has 6 heteroatoms. The number of para-hydroxylation sites is 2. The van der Waals surface area contributed by atoms with E-state index in [1.807, 2.05) is 55.5 Å². The van der Waals surface area contributed by atoms with Crippen LogP contribution in [0.2, 0.25) is 0 Å². The number of likely N-dealkylation sites (tertiary alicyclic amines) is 1. The van der Waals surface area contributed by atoms with E-state index in [0.717, 1.165) is 48.1 Å². The predicted octanol–water partition coefficient (Wildman–Crippen LogP) is 3.62. The highest BCUT2D eigenvalue weighted by Gasteiger charge is 2.28. The Kier molecular flexibility index (Phi) is 5.86. The lowest BCUT2D eigenvalue weighted by Gasteiger charge is -2.29. The van der Waals surface area contributed by atoms with Crippen LogP contribution in [-0.4, -0.2) is 48.3 Å². The second-order valence-electron chi connectivity index (χ2n) is 7.71. The first-order chi connectivity index (χ1) is 14.6. The van der Waals surface area contributed by atoms with E-state index in [4.69, 9.17) is 4.74 Å². The first-order valence-corrected chi connectivity index (χ1v) is 10.4. The molecule has 1 aliphatic rings. The molecular weight excluding hydrogens is 378 g/mol. The van der Waals surface area contributed by atoms with E-state index in [0.29, 0.717) is 17.8 Å². The van der Waals surface area contributed by atoms with Crippen LogP contribution in [-0.2, 0) is 4.79 Å². The minimum atomic E-state index is -0.582. The lowest BCUT2D eigenvalue weighted by molar-refractivity contribution is -0.117. The van der Waals surface area contributed by atoms with Gasteiger partial charge in [-0.15, -0.1) is 0 Å². The number of fused-ring (bicyclic) bond motifs is 1. The Labute approximate surface area is 176 Å². The van der Waals surface area contributed by atoms with E-state index in [9.17, 15) is 9.59 Å². The van der Waals surface area contributed by atoms with Crippen LogP contribution in [0.15, 0.2) is 48.5 Å². The number of methoxy groups -OCH3 is 1. The molecule has 1 amide bonds. The van der Waals surface area contributed by atoms with E-state index in [1.165, 1.54) is 0 Å². The molecule has 1 unspecified atom stereocenters. The summed E-state index contributed by atoms with van der Waals surface area (Å²) in [6.07, 6.45) is 2.26. The third-order valence-electron chi connectivity index (χ3n) is 5.86. The van der Waals surface area contributed by atoms with Crippen LogP contribution >= 0.6 is 0 Å². The highest BCUT2D eigenvalue weighted by atomic mass is 16.5. The summed E-state index contributed by atoms with van der Waals surface area (Å²) in [7, 11) is 1.65. The Morgan fingerprint density at radius 2 is 1.80 bits per heavy atom. The molecule has 30 heavy (non-hydrogen) atoms. The summed E-state index contributed by atoms with van der Waals surface area (Å²) >= 11 is 0. The van der Waals surface area contributed by atoms with Gasteiger partial charge in [0.1, 0.15) is 5.75 Å². The quantitative estimate of drug-likeness (QED) is 0.465. The Balaban J connectivity index is 1.55. The Morgan fingerprint density at radius 1 is 1.10 bits per heavy atom. The summed E-state index contributed by atoms with van der Waals surface area (Å²) in [6.45, 7) is 4.11. The number of nitrogens with one attached hydrogen (secondary N) is 2. The molecule has 0 saturated carbocycles. The average Bonchev–Trinajstić information content (AvgIpc) is 3.41. The molecule has 2 N–H and O–H groups in total. The van der Waals surface area contributed by atoms with E-state index < -0.39 is 11.7 Å². The van der Waals surface area contributed by atoms with Crippen molar-refractivity contribution in [3.05, 3.63) is 65.4 Å². The third-order valence-corrected chi connectivity index (χ3v) is 5.86. The standard InChI is InChI=1S/C24H27N3O3/c1-16-22(17-9-3-5-11-19(17)26-16)23(28)24(29)25-15-20(27-13-7-8-14-27)18-10-4-6-12-21(18)30-2/h3-6,9-12,20,26H,7-8,13-15H2,1-2H3,(H,25,29). The maximum atomic E-state index is 13.0. The second kappa shape index (κ2) is 8.71. The van der Waals surface area contributed by atoms with Crippen LogP contribution in [0.4, 0.5) is 0 Å². The van der Waals surface area contributed by atoms with Gasteiger partial charge < -0.3 is 15.0 Å². The zero-order valence-electron chi connectivity index (χ0n) is 17.4. The number of ketones is 1. The van der Waals surface area contributed by atoms with Gasteiger partial charge in [0.2, 0.25) is 0 Å². The number of hydrogen-bond acceptors (Lipinski definition) is 4. The minimum Gasteiger partial charge on any atom is -0.496 e. The van der Waals surface area contributed by atoms with Gasteiger partial charge in [-0.25, -0.2) is 0 Å². The summed E-state index contributed by atoms with van der Waals surface area (Å²) in [4.78, 5) is 31.3. The van der Waals surface area contributed by atoms with Gasteiger partial charge in [0.05, 0.1) is 18.7 Å². The van der Waals surface area contributed by atoms with Crippen molar-refractivity contribution in [2.75, 3.05) is 26.7 Å². The van der Waals surface area contributed by atoms with Crippen LogP contribution in [0.1, 0.15) is 40.5 Å². The number of amides is 1. The number of aryl methyl sites for hydroxylation is 1. The fourth-order valence-corrected chi connectivity index (χ4v) is 4.38. The number of benzene rings is 2. The monoisotopic (exact) mass is 405 g/mol. The number of ether oxygens (including phenoxy) is 1. The largest absolute Gasteiger partial charge is 0.496 e. The van der Waals surface area contributed by atoms with Crippen LogP contribution in [0.25, 0.3) is 10.9 Å². The molecule has 0 aliphatic carbocycles. The van der Waals surface area contributed by atoms with Gasteiger partial charge in [-0.1, -0.05) is 36.4 Å². The second-order valence-corrected chi connectivity index (χ2v) is 7.71. The van der Waals surface area contributed by atoms with Crippen LogP contribution in [0.5, 0.6) is 5.75 Å². The molecule has 1 atom stereocenters. The summed E-state index contributed by atoms with van der Waals surface area (Å²) in [5.41, 5.74) is 3.03. The Morgan fingerprint density at radius 3 is 2.57 bits per heavy atom. The van der Waals surface area contributed by atoms with Crippen LogP contribution < -0.4 is 10.1 Å². The van der Waals surface area contributed by atoms with Crippen LogP contribution in [0, 0.1) is 6.92 Å². The molecule has 1 aromatic heterocycles. The first kappa shape index (κ1) is 20.2. The number of carbonyl (C=O) groups excluding carboxylic acids is 2. The molecule has 0 spiro atoms. The molecule has 3 aromatic rings. The van der Waals surface area contributed by atoms with Crippen molar-refractivity contribution >= 4 is 22.6 Å².